The third kappa shape index (κ3) is 3.83. The monoisotopic (exact) mass is 343 g/mol. The zero-order valence-electron chi connectivity index (χ0n) is 13.1. The van der Waals surface area contributed by atoms with Gasteiger partial charge in [0.1, 0.15) is 5.15 Å². The van der Waals surface area contributed by atoms with Gasteiger partial charge in [0.2, 0.25) is 0 Å². The van der Waals surface area contributed by atoms with E-state index in [1.165, 1.54) is 4.90 Å². The van der Waals surface area contributed by atoms with Gasteiger partial charge >= 0.3 is 0 Å². The average Bonchev–Trinajstić information content (AvgIpc) is 2.60. The van der Waals surface area contributed by atoms with Crippen molar-refractivity contribution in [1.29, 1.82) is 0 Å². The summed E-state index contributed by atoms with van der Waals surface area (Å²) in [7, 11) is 0. The lowest BCUT2D eigenvalue weighted by atomic mass is 10.1. The van der Waals surface area contributed by atoms with Gasteiger partial charge in [0.05, 0.1) is 5.52 Å². The van der Waals surface area contributed by atoms with Crippen LogP contribution < -0.4 is 5.32 Å². The van der Waals surface area contributed by atoms with Gasteiger partial charge in [-0.25, -0.2) is 4.98 Å². The van der Waals surface area contributed by atoms with Gasteiger partial charge < -0.3 is 5.32 Å². The maximum absolute atomic E-state index is 6.36. The Kier molecular flexibility index (Phi) is 5.16. The highest BCUT2D eigenvalue weighted by Gasteiger charge is 2.09. The van der Waals surface area contributed by atoms with Crippen molar-refractivity contribution in [3.63, 3.8) is 0 Å². The summed E-state index contributed by atoms with van der Waals surface area (Å²) in [5.41, 5.74) is 3.10. The second-order valence-electron chi connectivity index (χ2n) is 5.39. The molecule has 0 saturated heterocycles. The summed E-state index contributed by atoms with van der Waals surface area (Å²) in [6.45, 7) is 2.78. The van der Waals surface area contributed by atoms with Crippen LogP contribution in [0.4, 0.5) is 0 Å². The molecule has 5 heteroatoms. The van der Waals surface area contributed by atoms with Crippen LogP contribution in [0.2, 0.25) is 5.15 Å². The summed E-state index contributed by atoms with van der Waals surface area (Å²) >= 11 is 8.06. The number of fused-ring (bicyclic) bond motifs is 1. The minimum atomic E-state index is 0.203. The van der Waals surface area contributed by atoms with E-state index in [4.69, 9.17) is 11.6 Å². The topological polar surface area (TPSA) is 37.8 Å². The van der Waals surface area contributed by atoms with Crippen LogP contribution in [0.1, 0.15) is 24.1 Å². The summed E-state index contributed by atoms with van der Waals surface area (Å²) in [4.78, 5) is 9.88. The number of benzene rings is 1. The van der Waals surface area contributed by atoms with E-state index in [0.29, 0.717) is 11.7 Å². The predicted molar refractivity (Wildman–Crippen MR) is 98.0 cm³/mol. The molecule has 1 unspecified atom stereocenters. The van der Waals surface area contributed by atoms with Crippen LogP contribution in [0.5, 0.6) is 0 Å². The van der Waals surface area contributed by atoms with Crippen LogP contribution in [0, 0.1) is 0 Å². The van der Waals surface area contributed by atoms with Crippen LogP contribution in [-0.2, 0) is 6.54 Å². The molecule has 2 heterocycles. The molecule has 3 aromatic rings. The Bertz CT molecular complexity index is 808. The Morgan fingerprint density at radius 1 is 1.26 bits per heavy atom. The number of aromatic nitrogens is 2. The molecule has 0 bridgehead atoms. The number of nitrogens with zero attached hydrogens (tertiary/aromatic N) is 2. The maximum Gasteiger partial charge on any atom is 0.134 e. The first kappa shape index (κ1) is 16.2. The lowest BCUT2D eigenvalue weighted by Gasteiger charge is -2.15. The minimum Gasteiger partial charge on any atom is -0.306 e. The van der Waals surface area contributed by atoms with Crippen molar-refractivity contribution in [3.8, 4) is 0 Å². The molecule has 0 aliphatic heterocycles. The summed E-state index contributed by atoms with van der Waals surface area (Å²) in [6, 6.07) is 12.6. The highest BCUT2D eigenvalue weighted by Crippen LogP contribution is 2.25. The van der Waals surface area contributed by atoms with E-state index in [2.05, 4.69) is 58.8 Å². The van der Waals surface area contributed by atoms with E-state index in [1.54, 1.807) is 18.0 Å². The molecule has 0 aliphatic carbocycles. The Balaban J connectivity index is 1.79. The maximum atomic E-state index is 6.36. The van der Waals surface area contributed by atoms with Crippen molar-refractivity contribution >= 4 is 34.3 Å². The Morgan fingerprint density at radius 3 is 2.87 bits per heavy atom. The highest BCUT2D eigenvalue weighted by molar-refractivity contribution is 7.98. The van der Waals surface area contributed by atoms with Gasteiger partial charge in [0.15, 0.2) is 0 Å². The van der Waals surface area contributed by atoms with E-state index in [9.17, 15) is 0 Å². The van der Waals surface area contributed by atoms with Crippen molar-refractivity contribution < 1.29 is 0 Å². The van der Waals surface area contributed by atoms with Crippen molar-refractivity contribution in [2.75, 3.05) is 6.26 Å². The Labute approximate surface area is 145 Å². The van der Waals surface area contributed by atoms with Crippen LogP contribution in [0.25, 0.3) is 10.9 Å². The summed E-state index contributed by atoms with van der Waals surface area (Å²) in [5.74, 6) is 0. The summed E-state index contributed by atoms with van der Waals surface area (Å²) < 4.78 is 0. The largest absolute Gasteiger partial charge is 0.306 e. The zero-order chi connectivity index (χ0) is 16.2. The van der Waals surface area contributed by atoms with Crippen LogP contribution >= 0.6 is 23.4 Å². The molecule has 0 saturated carbocycles. The molecule has 1 N–H and O–H groups in total. The molecule has 3 rings (SSSR count). The van der Waals surface area contributed by atoms with Crippen molar-refractivity contribution in [1.82, 2.24) is 15.3 Å². The second-order valence-corrected chi connectivity index (χ2v) is 6.62. The first-order chi connectivity index (χ1) is 11.2. The van der Waals surface area contributed by atoms with Gasteiger partial charge in [-0.2, -0.15) is 0 Å². The molecule has 0 radical (unpaired) electrons. The molecule has 0 spiro atoms. The van der Waals surface area contributed by atoms with Crippen molar-refractivity contribution in [3.05, 3.63) is 65.1 Å². The quantitative estimate of drug-likeness (QED) is 0.530. The van der Waals surface area contributed by atoms with Crippen LogP contribution in [-0.4, -0.2) is 16.2 Å². The highest BCUT2D eigenvalue weighted by atomic mass is 35.5. The van der Waals surface area contributed by atoms with E-state index >= 15 is 0 Å². The Morgan fingerprint density at radius 2 is 2.13 bits per heavy atom. The third-order valence-corrected chi connectivity index (χ3v) is 4.89. The minimum absolute atomic E-state index is 0.203. The third-order valence-electron chi connectivity index (χ3n) is 3.83. The first-order valence-electron chi connectivity index (χ1n) is 7.44. The number of hydrogen-bond donors (Lipinski definition) is 1. The van der Waals surface area contributed by atoms with Gasteiger partial charge in [-0.1, -0.05) is 23.7 Å². The van der Waals surface area contributed by atoms with Gasteiger partial charge in [0.25, 0.3) is 0 Å². The lowest BCUT2D eigenvalue weighted by molar-refractivity contribution is 0.572. The van der Waals surface area contributed by atoms with Gasteiger partial charge in [-0.3, -0.25) is 4.98 Å². The van der Waals surface area contributed by atoms with E-state index < -0.39 is 0 Å². The fraction of sp³-hybridized carbons (Fsp3) is 0.222. The fourth-order valence-corrected chi connectivity index (χ4v) is 3.08. The average molecular weight is 344 g/mol. The van der Waals surface area contributed by atoms with E-state index in [-0.39, 0.29) is 6.04 Å². The lowest BCUT2D eigenvalue weighted by Crippen LogP contribution is -2.18. The standard InChI is InChI=1S/C18H18ClN3S/c1-12(14-4-3-7-20-10-14)21-11-15-8-13-5-6-16(23-2)9-17(13)22-18(15)19/h3-10,12,21H,11H2,1-2H3. The number of hydrogen-bond acceptors (Lipinski definition) is 4. The second kappa shape index (κ2) is 7.30. The van der Waals surface area contributed by atoms with Gasteiger partial charge in [-0.05, 0) is 43.0 Å². The number of rotatable bonds is 5. The Hall–Kier alpha value is -1.62. The summed E-state index contributed by atoms with van der Waals surface area (Å²) in [6.07, 6.45) is 5.71. The smallest absolute Gasteiger partial charge is 0.134 e. The molecule has 0 fully saturated rings. The predicted octanol–water partition coefficient (Wildman–Crippen LogP) is 4.86. The van der Waals surface area contributed by atoms with Crippen molar-refractivity contribution in [2.45, 2.75) is 24.4 Å². The molecule has 118 valence electrons. The normalized spacial score (nSPS) is 12.5. The number of nitrogens with one attached hydrogen (secondary N) is 1. The number of halogens is 1. The van der Waals surface area contributed by atoms with E-state index in [1.807, 2.05) is 12.3 Å². The molecule has 1 aromatic carbocycles. The molecule has 23 heavy (non-hydrogen) atoms. The molecule has 2 aromatic heterocycles. The van der Waals surface area contributed by atoms with Crippen LogP contribution in [0.15, 0.2) is 53.7 Å². The number of pyridine rings is 2. The van der Waals surface area contributed by atoms with Gasteiger partial charge in [-0.15, -0.1) is 11.8 Å². The molecule has 3 nitrogen and oxygen atoms in total. The zero-order valence-corrected chi connectivity index (χ0v) is 14.7. The SMILES string of the molecule is CSc1ccc2cc(CNC(C)c3cccnc3)c(Cl)nc2c1. The molecule has 0 amide bonds. The number of thioether (sulfide) groups is 1. The van der Waals surface area contributed by atoms with Gasteiger partial charge in [0, 0.05) is 40.8 Å². The fourth-order valence-electron chi connectivity index (χ4n) is 2.43. The first-order valence-corrected chi connectivity index (χ1v) is 9.04. The van der Waals surface area contributed by atoms with Crippen LogP contribution in [0.3, 0.4) is 0 Å². The molecule has 1 atom stereocenters. The summed E-state index contributed by atoms with van der Waals surface area (Å²) in [5, 5.41) is 5.14. The van der Waals surface area contributed by atoms with Crippen molar-refractivity contribution in [2.24, 2.45) is 0 Å². The van der Waals surface area contributed by atoms with E-state index in [0.717, 1.165) is 22.0 Å². The molecular weight excluding hydrogens is 326 g/mol. The molecule has 0 aliphatic rings. The molecular formula is C18H18ClN3S.